The van der Waals surface area contributed by atoms with Crippen LogP contribution in [0.3, 0.4) is 0 Å². The Morgan fingerprint density at radius 2 is 1.72 bits per heavy atom. The molecule has 0 amide bonds. The smallest absolute Gasteiger partial charge is 0.317 e. The van der Waals surface area contributed by atoms with Crippen molar-refractivity contribution in [3.63, 3.8) is 0 Å². The summed E-state index contributed by atoms with van der Waals surface area (Å²) in [6.45, 7) is 0. The maximum Gasteiger partial charge on any atom is 0.392 e. The minimum atomic E-state index is -4.01. The van der Waals surface area contributed by atoms with E-state index in [0.29, 0.717) is 12.3 Å². The number of rotatable bonds is 4. The van der Waals surface area contributed by atoms with Gasteiger partial charge in [0.2, 0.25) is 0 Å². The van der Waals surface area contributed by atoms with Gasteiger partial charge < -0.3 is 5.32 Å². The molecule has 3 unspecified atom stereocenters. The molecule has 2 saturated carbocycles. The van der Waals surface area contributed by atoms with Gasteiger partial charge in [-0.25, -0.2) is 0 Å². The van der Waals surface area contributed by atoms with Crippen LogP contribution in [0.15, 0.2) is 0 Å². The van der Waals surface area contributed by atoms with E-state index in [1.165, 1.54) is 19.3 Å². The monoisotopic (exact) mass is 263 g/mol. The van der Waals surface area contributed by atoms with Crippen molar-refractivity contribution in [3.05, 3.63) is 0 Å². The minimum Gasteiger partial charge on any atom is -0.317 e. The van der Waals surface area contributed by atoms with Gasteiger partial charge in [0.15, 0.2) is 0 Å². The molecule has 0 heterocycles. The first-order chi connectivity index (χ1) is 8.52. The summed E-state index contributed by atoms with van der Waals surface area (Å²) >= 11 is 0. The summed E-state index contributed by atoms with van der Waals surface area (Å²) in [4.78, 5) is 0. The van der Waals surface area contributed by atoms with Crippen molar-refractivity contribution in [2.45, 2.75) is 63.6 Å². The number of nitrogens with one attached hydrogen (secondary N) is 1. The first-order valence-corrected chi connectivity index (χ1v) is 7.26. The zero-order valence-electron chi connectivity index (χ0n) is 11.1. The second-order valence-electron chi connectivity index (χ2n) is 6.02. The standard InChI is InChI=1S/C14H24F3N/c1-18-13(9-10-5-4-6-10)11-7-2-3-8-12(11)14(15,16)17/h10-13,18H,2-9H2,1H3. The topological polar surface area (TPSA) is 12.0 Å². The molecule has 1 N–H and O–H groups in total. The average Bonchev–Trinajstić information content (AvgIpc) is 2.27. The SMILES string of the molecule is CNC(CC1CCC1)C1CCCCC1C(F)(F)F. The molecule has 0 saturated heterocycles. The lowest BCUT2D eigenvalue weighted by Gasteiger charge is -2.40. The van der Waals surface area contributed by atoms with Crippen molar-refractivity contribution >= 4 is 0 Å². The molecule has 0 bridgehead atoms. The quantitative estimate of drug-likeness (QED) is 0.804. The summed E-state index contributed by atoms with van der Waals surface area (Å²) in [6.07, 6.45) is 3.37. The minimum absolute atomic E-state index is 0.0576. The predicted octanol–water partition coefficient (Wildman–Crippen LogP) is 4.13. The maximum atomic E-state index is 13.1. The normalized spacial score (nSPS) is 32.0. The Labute approximate surface area is 108 Å². The molecule has 0 radical (unpaired) electrons. The third kappa shape index (κ3) is 3.19. The molecule has 2 aliphatic rings. The van der Waals surface area contributed by atoms with Crippen molar-refractivity contribution in [3.8, 4) is 0 Å². The lowest BCUT2D eigenvalue weighted by atomic mass is 9.70. The Morgan fingerprint density at radius 1 is 1.06 bits per heavy atom. The van der Waals surface area contributed by atoms with E-state index < -0.39 is 12.1 Å². The maximum absolute atomic E-state index is 13.1. The molecule has 106 valence electrons. The molecule has 18 heavy (non-hydrogen) atoms. The Morgan fingerprint density at radius 3 is 2.22 bits per heavy atom. The fourth-order valence-corrected chi connectivity index (χ4v) is 3.64. The zero-order chi connectivity index (χ0) is 13.2. The summed E-state index contributed by atoms with van der Waals surface area (Å²) in [5.41, 5.74) is 0. The first kappa shape index (κ1) is 14.2. The van der Waals surface area contributed by atoms with E-state index in [-0.39, 0.29) is 12.0 Å². The Bertz CT molecular complexity index is 260. The van der Waals surface area contributed by atoms with Crippen LogP contribution in [-0.2, 0) is 0 Å². The fraction of sp³-hybridized carbons (Fsp3) is 1.00. The van der Waals surface area contributed by atoms with E-state index in [4.69, 9.17) is 0 Å². The van der Waals surface area contributed by atoms with E-state index in [1.807, 2.05) is 7.05 Å². The van der Waals surface area contributed by atoms with Crippen LogP contribution in [0, 0.1) is 17.8 Å². The molecule has 2 aliphatic carbocycles. The largest absolute Gasteiger partial charge is 0.392 e. The van der Waals surface area contributed by atoms with Gasteiger partial charge >= 0.3 is 6.18 Å². The van der Waals surface area contributed by atoms with Gasteiger partial charge in [0.1, 0.15) is 0 Å². The van der Waals surface area contributed by atoms with Crippen LogP contribution in [0.4, 0.5) is 13.2 Å². The molecule has 0 aromatic carbocycles. The molecule has 0 aromatic heterocycles. The van der Waals surface area contributed by atoms with Crippen LogP contribution >= 0.6 is 0 Å². The van der Waals surface area contributed by atoms with Crippen molar-refractivity contribution in [2.24, 2.45) is 17.8 Å². The molecule has 2 fully saturated rings. The number of hydrogen-bond acceptors (Lipinski definition) is 1. The highest BCUT2D eigenvalue weighted by Crippen LogP contribution is 2.44. The lowest BCUT2D eigenvalue weighted by molar-refractivity contribution is -0.199. The first-order valence-electron chi connectivity index (χ1n) is 7.26. The van der Waals surface area contributed by atoms with E-state index in [0.717, 1.165) is 25.7 Å². The number of hydrogen-bond donors (Lipinski definition) is 1. The summed E-state index contributed by atoms with van der Waals surface area (Å²) in [5.74, 6) is -0.619. The molecule has 0 spiro atoms. The van der Waals surface area contributed by atoms with Crippen LogP contribution in [0.1, 0.15) is 51.4 Å². The van der Waals surface area contributed by atoms with Crippen molar-refractivity contribution < 1.29 is 13.2 Å². The van der Waals surface area contributed by atoms with Gasteiger partial charge in [0.25, 0.3) is 0 Å². The summed E-state index contributed by atoms with van der Waals surface area (Å²) < 4.78 is 39.3. The summed E-state index contributed by atoms with van der Waals surface area (Å²) in [6, 6.07) is 0.0576. The van der Waals surface area contributed by atoms with Crippen molar-refractivity contribution in [1.29, 1.82) is 0 Å². The molecule has 1 nitrogen and oxygen atoms in total. The van der Waals surface area contributed by atoms with Crippen LogP contribution in [0.2, 0.25) is 0 Å². The molecule has 2 rings (SSSR count). The van der Waals surface area contributed by atoms with E-state index in [9.17, 15) is 13.2 Å². The second kappa shape index (κ2) is 5.81. The number of alkyl halides is 3. The second-order valence-corrected chi connectivity index (χ2v) is 6.02. The Balaban J connectivity index is 2.00. The molecule has 4 heteroatoms. The van der Waals surface area contributed by atoms with Crippen LogP contribution in [0.25, 0.3) is 0 Å². The van der Waals surface area contributed by atoms with Crippen molar-refractivity contribution in [1.82, 2.24) is 5.32 Å². The molecule has 0 aliphatic heterocycles. The highest BCUT2D eigenvalue weighted by Gasteiger charge is 2.47. The van der Waals surface area contributed by atoms with Gasteiger partial charge in [-0.2, -0.15) is 13.2 Å². The third-order valence-corrected chi connectivity index (χ3v) is 4.94. The van der Waals surface area contributed by atoms with Crippen molar-refractivity contribution in [2.75, 3.05) is 7.05 Å². The lowest BCUT2D eigenvalue weighted by Crippen LogP contribution is -2.45. The third-order valence-electron chi connectivity index (χ3n) is 4.94. The highest BCUT2D eigenvalue weighted by molar-refractivity contribution is 4.90. The van der Waals surface area contributed by atoms with E-state index >= 15 is 0 Å². The van der Waals surface area contributed by atoms with Gasteiger partial charge in [0, 0.05) is 6.04 Å². The number of halogens is 3. The van der Waals surface area contributed by atoms with Gasteiger partial charge in [-0.1, -0.05) is 32.1 Å². The van der Waals surface area contributed by atoms with Gasteiger partial charge in [0.05, 0.1) is 5.92 Å². The Hall–Kier alpha value is -0.250. The van der Waals surface area contributed by atoms with Crippen LogP contribution < -0.4 is 5.32 Å². The van der Waals surface area contributed by atoms with Gasteiger partial charge in [-0.05, 0) is 38.1 Å². The average molecular weight is 263 g/mol. The van der Waals surface area contributed by atoms with Crippen LogP contribution in [0.5, 0.6) is 0 Å². The summed E-state index contributed by atoms with van der Waals surface area (Å²) in [7, 11) is 1.82. The highest BCUT2D eigenvalue weighted by atomic mass is 19.4. The van der Waals surface area contributed by atoms with E-state index in [2.05, 4.69) is 5.32 Å². The van der Waals surface area contributed by atoms with E-state index in [1.54, 1.807) is 0 Å². The molecule has 3 atom stereocenters. The molecular weight excluding hydrogens is 239 g/mol. The van der Waals surface area contributed by atoms with Gasteiger partial charge in [-0.3, -0.25) is 0 Å². The Kier molecular flexibility index (Phi) is 4.57. The predicted molar refractivity (Wildman–Crippen MR) is 66.3 cm³/mol. The summed E-state index contributed by atoms with van der Waals surface area (Å²) in [5, 5.41) is 3.17. The molecule has 0 aromatic rings. The van der Waals surface area contributed by atoms with Gasteiger partial charge in [-0.15, -0.1) is 0 Å². The fourth-order valence-electron chi connectivity index (χ4n) is 3.64. The zero-order valence-corrected chi connectivity index (χ0v) is 11.1. The van der Waals surface area contributed by atoms with Crippen LogP contribution in [-0.4, -0.2) is 19.3 Å². The molecular formula is C14H24F3N.